The van der Waals surface area contributed by atoms with Gasteiger partial charge >= 0.3 is 0 Å². The maximum Gasteiger partial charge on any atom is 0.257 e. The number of rotatable bonds is 6. The molecule has 1 aliphatic rings. The number of hydrazone groups is 1. The molecule has 0 aliphatic carbocycles. The van der Waals surface area contributed by atoms with Crippen molar-refractivity contribution in [3.8, 4) is 0 Å². The van der Waals surface area contributed by atoms with Gasteiger partial charge in [0.2, 0.25) is 0 Å². The second-order valence-corrected chi connectivity index (χ2v) is 7.97. The number of hydrogen-bond donors (Lipinski definition) is 0. The van der Waals surface area contributed by atoms with E-state index in [1.54, 1.807) is 22.6 Å². The maximum atomic E-state index is 13.1. The van der Waals surface area contributed by atoms with Crippen LogP contribution in [0.4, 0.5) is 0 Å². The van der Waals surface area contributed by atoms with E-state index in [9.17, 15) is 4.79 Å². The molecule has 1 aromatic carbocycles. The molecule has 5 nitrogen and oxygen atoms in total. The quantitative estimate of drug-likeness (QED) is 0.621. The first-order valence-electron chi connectivity index (χ1n) is 9.30. The van der Waals surface area contributed by atoms with Gasteiger partial charge in [0.1, 0.15) is 11.8 Å². The van der Waals surface area contributed by atoms with Crippen molar-refractivity contribution < 1.29 is 9.21 Å². The fraction of sp³-hybridized carbons (Fsp3) is 0.273. The number of hydrogen-bond acceptors (Lipinski definition) is 5. The number of benzene rings is 1. The van der Waals surface area contributed by atoms with Crippen LogP contribution in [0.25, 0.3) is 0 Å². The van der Waals surface area contributed by atoms with Gasteiger partial charge in [0.25, 0.3) is 5.91 Å². The Kier molecular flexibility index (Phi) is 5.41. The van der Waals surface area contributed by atoms with Gasteiger partial charge in [-0.1, -0.05) is 29.8 Å². The van der Waals surface area contributed by atoms with Gasteiger partial charge in [0.15, 0.2) is 0 Å². The summed E-state index contributed by atoms with van der Waals surface area (Å²) in [4.78, 5) is 15.1. The lowest BCUT2D eigenvalue weighted by Crippen LogP contribution is -2.36. The second kappa shape index (κ2) is 8.12. The minimum atomic E-state index is -0.201. The molecule has 3 heterocycles. The molecule has 1 atom stereocenters. The van der Waals surface area contributed by atoms with Crippen molar-refractivity contribution in [2.24, 2.45) is 5.10 Å². The normalized spacial score (nSPS) is 16.6. The van der Waals surface area contributed by atoms with Gasteiger partial charge in [-0.2, -0.15) is 16.4 Å². The van der Waals surface area contributed by atoms with Crippen LogP contribution in [0.15, 0.2) is 69.0 Å². The zero-order valence-corrected chi connectivity index (χ0v) is 16.9. The Balaban J connectivity index is 1.53. The molecule has 0 bridgehead atoms. The van der Waals surface area contributed by atoms with Crippen molar-refractivity contribution in [3.63, 3.8) is 0 Å². The molecule has 1 amide bonds. The van der Waals surface area contributed by atoms with Crippen LogP contribution in [0.3, 0.4) is 0 Å². The van der Waals surface area contributed by atoms with Gasteiger partial charge in [-0.15, -0.1) is 0 Å². The lowest BCUT2D eigenvalue weighted by molar-refractivity contribution is -0.134. The third-order valence-electron chi connectivity index (χ3n) is 4.86. The summed E-state index contributed by atoms with van der Waals surface area (Å²) in [6.07, 6.45) is 2.29. The van der Waals surface area contributed by atoms with Crippen molar-refractivity contribution in [2.45, 2.75) is 25.9 Å². The molecule has 144 valence electrons. The van der Waals surface area contributed by atoms with Gasteiger partial charge < -0.3 is 4.42 Å². The van der Waals surface area contributed by atoms with Crippen molar-refractivity contribution in [2.75, 3.05) is 13.6 Å². The van der Waals surface area contributed by atoms with E-state index in [0.717, 1.165) is 23.6 Å². The summed E-state index contributed by atoms with van der Waals surface area (Å²) in [5.41, 5.74) is 4.38. The number of furan rings is 1. The molecule has 0 fully saturated rings. The van der Waals surface area contributed by atoms with Gasteiger partial charge in [-0.3, -0.25) is 9.69 Å². The van der Waals surface area contributed by atoms with Crippen LogP contribution in [-0.2, 0) is 11.3 Å². The SMILES string of the molecule is Cc1ccc(C2=NN(C(=O)CN(C)Cc3ccsc3)[C@@H](c3ccco3)C2)cc1. The van der Waals surface area contributed by atoms with E-state index in [-0.39, 0.29) is 11.9 Å². The Labute approximate surface area is 168 Å². The molecule has 0 N–H and O–H groups in total. The summed E-state index contributed by atoms with van der Waals surface area (Å²) >= 11 is 1.67. The monoisotopic (exact) mass is 393 g/mol. The number of thiophene rings is 1. The van der Waals surface area contributed by atoms with Crippen LogP contribution < -0.4 is 0 Å². The predicted octanol–water partition coefficient (Wildman–Crippen LogP) is 4.46. The summed E-state index contributed by atoms with van der Waals surface area (Å²) in [6.45, 7) is 3.10. The van der Waals surface area contributed by atoms with Crippen LogP contribution in [0.1, 0.15) is 34.9 Å². The summed E-state index contributed by atoms with van der Waals surface area (Å²) in [5.74, 6) is 0.737. The highest BCUT2D eigenvalue weighted by molar-refractivity contribution is 7.07. The molecular weight excluding hydrogens is 370 g/mol. The second-order valence-electron chi connectivity index (χ2n) is 7.19. The zero-order chi connectivity index (χ0) is 19.5. The van der Waals surface area contributed by atoms with Crippen molar-refractivity contribution in [1.29, 1.82) is 0 Å². The molecule has 3 aromatic rings. The molecule has 0 saturated heterocycles. The van der Waals surface area contributed by atoms with Crippen LogP contribution in [0.5, 0.6) is 0 Å². The summed E-state index contributed by atoms with van der Waals surface area (Å²) in [6, 6.07) is 13.9. The van der Waals surface area contributed by atoms with Crippen molar-refractivity contribution in [3.05, 3.63) is 81.9 Å². The Hall–Kier alpha value is -2.70. The van der Waals surface area contributed by atoms with E-state index in [0.29, 0.717) is 13.0 Å². The maximum absolute atomic E-state index is 13.1. The van der Waals surface area contributed by atoms with E-state index in [2.05, 4.69) is 48.0 Å². The minimum absolute atomic E-state index is 0.0266. The lowest BCUT2D eigenvalue weighted by atomic mass is 10.0. The van der Waals surface area contributed by atoms with E-state index < -0.39 is 0 Å². The molecule has 0 radical (unpaired) electrons. The zero-order valence-electron chi connectivity index (χ0n) is 16.0. The molecule has 0 unspecified atom stereocenters. The number of carbonyl (C=O) groups excluding carboxylic acids is 1. The largest absolute Gasteiger partial charge is 0.467 e. The highest BCUT2D eigenvalue weighted by Crippen LogP contribution is 2.33. The van der Waals surface area contributed by atoms with Gasteiger partial charge in [0.05, 0.1) is 18.5 Å². The Morgan fingerprint density at radius 2 is 2.11 bits per heavy atom. The Bertz CT molecular complexity index is 946. The molecule has 28 heavy (non-hydrogen) atoms. The molecular formula is C22H23N3O2S. The lowest BCUT2D eigenvalue weighted by Gasteiger charge is -2.23. The van der Waals surface area contributed by atoms with Crippen LogP contribution in [0.2, 0.25) is 0 Å². The average molecular weight is 394 g/mol. The Morgan fingerprint density at radius 1 is 1.29 bits per heavy atom. The van der Waals surface area contributed by atoms with Crippen molar-refractivity contribution >= 4 is 23.0 Å². The first-order valence-corrected chi connectivity index (χ1v) is 10.2. The number of carbonyl (C=O) groups is 1. The summed E-state index contributed by atoms with van der Waals surface area (Å²) in [7, 11) is 1.96. The molecule has 0 spiro atoms. The fourth-order valence-electron chi connectivity index (χ4n) is 3.42. The third-order valence-corrected chi connectivity index (χ3v) is 5.59. The van der Waals surface area contributed by atoms with E-state index in [1.807, 2.05) is 24.1 Å². The summed E-state index contributed by atoms with van der Waals surface area (Å²) < 4.78 is 5.61. The van der Waals surface area contributed by atoms with E-state index >= 15 is 0 Å². The average Bonchev–Trinajstić information content (AvgIpc) is 3.43. The van der Waals surface area contributed by atoms with Crippen LogP contribution in [-0.4, -0.2) is 35.1 Å². The first kappa shape index (κ1) is 18.7. The fourth-order valence-corrected chi connectivity index (χ4v) is 4.08. The highest BCUT2D eigenvalue weighted by Gasteiger charge is 2.35. The topological polar surface area (TPSA) is 49.1 Å². The third kappa shape index (κ3) is 4.08. The molecule has 6 heteroatoms. The molecule has 2 aromatic heterocycles. The first-order chi connectivity index (χ1) is 13.6. The van der Waals surface area contributed by atoms with Gasteiger partial charge in [-0.25, -0.2) is 5.01 Å². The number of nitrogens with zero attached hydrogens (tertiary/aromatic N) is 3. The van der Waals surface area contributed by atoms with Crippen LogP contribution >= 0.6 is 11.3 Å². The molecule has 4 rings (SSSR count). The standard InChI is InChI=1S/C22H23N3O2S/c1-16-5-7-18(8-6-16)19-12-20(21-4-3-10-27-21)25(23-19)22(26)14-24(2)13-17-9-11-28-15-17/h3-11,15,20H,12-14H2,1-2H3/t20-/m1/s1. The predicted molar refractivity (Wildman–Crippen MR) is 111 cm³/mol. The number of likely N-dealkylation sites (N-methyl/N-ethyl adjacent to an activating group) is 1. The Morgan fingerprint density at radius 3 is 2.79 bits per heavy atom. The van der Waals surface area contributed by atoms with Gasteiger partial charge in [0, 0.05) is 13.0 Å². The van der Waals surface area contributed by atoms with Gasteiger partial charge in [-0.05, 0) is 54.1 Å². The minimum Gasteiger partial charge on any atom is -0.467 e. The smallest absolute Gasteiger partial charge is 0.257 e. The van der Waals surface area contributed by atoms with E-state index in [4.69, 9.17) is 9.52 Å². The number of amides is 1. The highest BCUT2D eigenvalue weighted by atomic mass is 32.1. The number of aryl methyl sites for hydroxylation is 1. The molecule has 1 aliphatic heterocycles. The van der Waals surface area contributed by atoms with E-state index in [1.165, 1.54) is 11.1 Å². The molecule has 0 saturated carbocycles. The van der Waals surface area contributed by atoms with Crippen molar-refractivity contribution in [1.82, 2.24) is 9.91 Å². The summed E-state index contributed by atoms with van der Waals surface area (Å²) in [5, 5.41) is 10.4. The van der Waals surface area contributed by atoms with Crippen LogP contribution in [0, 0.1) is 6.92 Å².